The van der Waals surface area contributed by atoms with Gasteiger partial charge in [0.25, 0.3) is 0 Å². The van der Waals surface area contributed by atoms with Gasteiger partial charge in [-0.15, -0.1) is 0 Å². The van der Waals surface area contributed by atoms with Crippen molar-refractivity contribution in [3.63, 3.8) is 0 Å². The summed E-state index contributed by atoms with van der Waals surface area (Å²) < 4.78 is 6.23. The third-order valence-corrected chi connectivity index (χ3v) is 5.12. The molecule has 0 amide bonds. The van der Waals surface area contributed by atoms with Gasteiger partial charge >= 0.3 is 0 Å². The van der Waals surface area contributed by atoms with Gasteiger partial charge in [0.15, 0.2) is 0 Å². The molecule has 2 atom stereocenters. The van der Waals surface area contributed by atoms with E-state index in [0.717, 1.165) is 33.7 Å². The first-order chi connectivity index (χ1) is 12.1. The fourth-order valence-corrected chi connectivity index (χ4v) is 3.91. The van der Waals surface area contributed by atoms with Gasteiger partial charge in [-0.25, -0.2) is 9.97 Å². The highest BCUT2D eigenvalue weighted by Gasteiger charge is 2.42. The van der Waals surface area contributed by atoms with Crippen molar-refractivity contribution in [2.45, 2.75) is 25.4 Å². The van der Waals surface area contributed by atoms with E-state index in [0.29, 0.717) is 0 Å². The number of benzene rings is 2. The molecule has 122 valence electrons. The molecule has 3 aromatic rings. The lowest BCUT2D eigenvalue weighted by Crippen LogP contribution is -2.32. The first-order valence-electron chi connectivity index (χ1n) is 8.57. The van der Waals surface area contributed by atoms with Crippen LogP contribution in [0.1, 0.15) is 24.2 Å². The number of hydrogen-bond donors (Lipinski definition) is 0. The molecule has 0 radical (unpaired) electrons. The van der Waals surface area contributed by atoms with Crippen LogP contribution in [-0.2, 0) is 0 Å². The maximum atomic E-state index is 6.23. The van der Waals surface area contributed by atoms with E-state index in [9.17, 15) is 0 Å². The van der Waals surface area contributed by atoms with Crippen molar-refractivity contribution in [2.24, 2.45) is 0 Å². The van der Waals surface area contributed by atoms with Crippen LogP contribution < -0.4 is 4.74 Å². The maximum Gasteiger partial charge on any atom is 0.135 e. The highest BCUT2D eigenvalue weighted by atomic mass is 16.5. The molecular weight excluding hydrogens is 308 g/mol. The molecule has 2 aromatic carbocycles. The van der Waals surface area contributed by atoms with Crippen molar-refractivity contribution in [2.75, 3.05) is 0 Å². The lowest BCUT2D eigenvalue weighted by molar-refractivity contribution is 0.155. The number of aryl methyl sites for hydroxylation is 1. The van der Waals surface area contributed by atoms with Crippen LogP contribution in [0.15, 0.2) is 66.8 Å². The zero-order valence-corrected chi connectivity index (χ0v) is 14.2. The quantitative estimate of drug-likeness (QED) is 0.633. The van der Waals surface area contributed by atoms with Gasteiger partial charge < -0.3 is 4.74 Å². The lowest BCUT2D eigenvalue weighted by Gasteiger charge is -2.27. The van der Waals surface area contributed by atoms with Crippen molar-refractivity contribution >= 4 is 10.9 Å². The number of para-hydroxylation sites is 1. The minimum atomic E-state index is -0.292. The lowest BCUT2D eigenvalue weighted by atomic mass is 9.82. The van der Waals surface area contributed by atoms with Crippen LogP contribution in [-0.4, -0.2) is 15.6 Å². The molecule has 5 rings (SSSR count). The number of nitrogens with zero attached hydrogens (tertiary/aromatic N) is 2. The van der Waals surface area contributed by atoms with E-state index < -0.39 is 0 Å². The van der Waals surface area contributed by atoms with E-state index in [4.69, 9.17) is 9.72 Å². The molecular formula is C22H18N2O. The van der Waals surface area contributed by atoms with Gasteiger partial charge in [-0.05, 0) is 44.2 Å². The summed E-state index contributed by atoms with van der Waals surface area (Å²) in [5.41, 5.74) is 4.00. The second kappa shape index (κ2) is 5.03. The molecule has 0 saturated carbocycles. The molecule has 25 heavy (non-hydrogen) atoms. The molecule has 2 aliphatic rings. The highest BCUT2D eigenvalue weighted by Crippen LogP contribution is 2.48. The van der Waals surface area contributed by atoms with Crippen LogP contribution in [0.25, 0.3) is 22.2 Å². The third kappa shape index (κ3) is 2.12. The fraction of sp³-hybridized carbons (Fsp3) is 0.182. The predicted molar refractivity (Wildman–Crippen MR) is 99.8 cm³/mol. The van der Waals surface area contributed by atoms with Gasteiger partial charge in [-0.3, -0.25) is 0 Å². The van der Waals surface area contributed by atoms with Crippen molar-refractivity contribution < 1.29 is 4.74 Å². The van der Waals surface area contributed by atoms with Crippen LogP contribution in [0, 0.1) is 6.92 Å². The second-order valence-electron chi connectivity index (χ2n) is 6.90. The SMILES string of the molecule is Cc1nc(-c2ccc3c(c2)C2C=CC=CC2(C)O3)c2ccccc2n1. The Kier molecular flexibility index (Phi) is 2.90. The minimum absolute atomic E-state index is 0.238. The van der Waals surface area contributed by atoms with Crippen molar-refractivity contribution in [1.29, 1.82) is 0 Å². The monoisotopic (exact) mass is 326 g/mol. The zero-order chi connectivity index (χ0) is 17.0. The molecule has 1 aliphatic carbocycles. The maximum absolute atomic E-state index is 6.23. The minimum Gasteiger partial charge on any atom is -0.482 e. The Morgan fingerprint density at radius 2 is 1.92 bits per heavy atom. The van der Waals surface area contributed by atoms with Crippen LogP contribution in [0.5, 0.6) is 5.75 Å². The largest absolute Gasteiger partial charge is 0.482 e. The summed E-state index contributed by atoms with van der Waals surface area (Å²) in [6.07, 6.45) is 8.52. The van der Waals surface area contributed by atoms with E-state index in [1.807, 2.05) is 25.1 Å². The molecule has 1 aromatic heterocycles. The Morgan fingerprint density at radius 3 is 2.84 bits per heavy atom. The van der Waals surface area contributed by atoms with Gasteiger partial charge in [0.1, 0.15) is 17.2 Å². The molecule has 3 nitrogen and oxygen atoms in total. The first kappa shape index (κ1) is 14.4. The van der Waals surface area contributed by atoms with E-state index >= 15 is 0 Å². The van der Waals surface area contributed by atoms with Crippen LogP contribution in [0.4, 0.5) is 0 Å². The summed E-state index contributed by atoms with van der Waals surface area (Å²) in [5.74, 6) is 1.99. The summed E-state index contributed by atoms with van der Waals surface area (Å²) in [6, 6.07) is 14.6. The molecule has 0 bridgehead atoms. The molecule has 2 heterocycles. The fourth-order valence-electron chi connectivity index (χ4n) is 3.91. The Hall–Kier alpha value is -2.94. The third-order valence-electron chi connectivity index (χ3n) is 5.12. The summed E-state index contributed by atoms with van der Waals surface area (Å²) >= 11 is 0. The molecule has 2 unspecified atom stereocenters. The zero-order valence-electron chi connectivity index (χ0n) is 14.2. The average Bonchev–Trinajstić information content (AvgIpc) is 2.92. The predicted octanol–water partition coefficient (Wildman–Crippen LogP) is 4.97. The van der Waals surface area contributed by atoms with E-state index in [1.165, 1.54) is 5.56 Å². The number of rotatable bonds is 1. The average molecular weight is 326 g/mol. The van der Waals surface area contributed by atoms with E-state index in [1.54, 1.807) is 0 Å². The Morgan fingerprint density at radius 1 is 1.04 bits per heavy atom. The first-order valence-corrected chi connectivity index (χ1v) is 8.57. The van der Waals surface area contributed by atoms with Gasteiger partial charge in [0, 0.05) is 22.4 Å². The summed E-state index contributed by atoms with van der Waals surface area (Å²) in [4.78, 5) is 9.29. The van der Waals surface area contributed by atoms with E-state index in [-0.39, 0.29) is 11.5 Å². The van der Waals surface area contributed by atoms with Gasteiger partial charge in [0.2, 0.25) is 0 Å². The molecule has 0 spiro atoms. The second-order valence-corrected chi connectivity index (χ2v) is 6.90. The highest BCUT2D eigenvalue weighted by molar-refractivity contribution is 5.92. The Labute approximate surface area is 146 Å². The Balaban J connectivity index is 1.71. The van der Waals surface area contributed by atoms with E-state index in [2.05, 4.69) is 60.5 Å². The summed E-state index contributed by atoms with van der Waals surface area (Å²) in [6.45, 7) is 4.08. The summed E-state index contributed by atoms with van der Waals surface area (Å²) in [7, 11) is 0. The smallest absolute Gasteiger partial charge is 0.135 e. The number of aromatic nitrogens is 2. The molecule has 0 fully saturated rings. The molecule has 1 aliphatic heterocycles. The van der Waals surface area contributed by atoms with Crippen LogP contribution in [0.3, 0.4) is 0 Å². The number of ether oxygens (including phenoxy) is 1. The molecule has 0 saturated heterocycles. The van der Waals surface area contributed by atoms with Gasteiger partial charge in [0.05, 0.1) is 11.2 Å². The van der Waals surface area contributed by atoms with Crippen LogP contribution in [0.2, 0.25) is 0 Å². The van der Waals surface area contributed by atoms with Crippen molar-refractivity contribution in [3.05, 3.63) is 78.2 Å². The number of fused-ring (bicyclic) bond motifs is 4. The number of hydrogen-bond acceptors (Lipinski definition) is 3. The summed E-state index contributed by atoms with van der Waals surface area (Å²) in [5, 5.41) is 1.08. The van der Waals surface area contributed by atoms with Crippen molar-refractivity contribution in [1.82, 2.24) is 9.97 Å². The van der Waals surface area contributed by atoms with Crippen molar-refractivity contribution in [3.8, 4) is 17.0 Å². The topological polar surface area (TPSA) is 35.0 Å². The van der Waals surface area contributed by atoms with Gasteiger partial charge in [-0.2, -0.15) is 0 Å². The normalized spacial score (nSPS) is 23.4. The van der Waals surface area contributed by atoms with Crippen LogP contribution >= 0.6 is 0 Å². The standard InChI is InChI=1S/C22H18N2O/c1-14-23-19-9-4-3-7-16(19)21(24-14)15-10-11-20-17(13-15)18-8-5-6-12-22(18,2)25-20/h3-13,18H,1-2H3. The molecule has 0 N–H and O–H groups in total. The Bertz CT molecular complexity index is 1070. The molecule has 3 heteroatoms. The number of allylic oxidation sites excluding steroid dienone is 2. The van der Waals surface area contributed by atoms with Gasteiger partial charge in [-0.1, -0.05) is 36.4 Å².